The molecule has 3 heteroatoms. The molecule has 0 atom stereocenters. The van der Waals surface area contributed by atoms with Crippen molar-refractivity contribution >= 4 is 5.78 Å². The highest BCUT2D eigenvalue weighted by molar-refractivity contribution is 5.81. The van der Waals surface area contributed by atoms with Gasteiger partial charge in [-0.3, -0.25) is 4.79 Å². The number of carbonyl (C=O) groups is 1. The zero-order valence-corrected chi connectivity index (χ0v) is 10.1. The van der Waals surface area contributed by atoms with Crippen LogP contribution in [0.25, 0.3) is 0 Å². The molecule has 0 amide bonds. The molecule has 1 aliphatic rings. The zero-order chi connectivity index (χ0) is 11.5. The van der Waals surface area contributed by atoms with E-state index in [4.69, 9.17) is 5.11 Å². The molecule has 1 saturated heterocycles. The topological polar surface area (TPSA) is 40.5 Å². The van der Waals surface area contributed by atoms with Crippen LogP contribution in [-0.2, 0) is 4.79 Å². The van der Waals surface area contributed by atoms with E-state index in [0.717, 1.165) is 32.5 Å². The molecule has 0 aromatic rings. The summed E-state index contributed by atoms with van der Waals surface area (Å²) in [7, 11) is 0. The Labute approximate surface area is 92.5 Å². The fourth-order valence-electron chi connectivity index (χ4n) is 2.00. The summed E-state index contributed by atoms with van der Waals surface area (Å²) in [6.45, 7) is 8.87. The lowest BCUT2D eigenvalue weighted by molar-refractivity contribution is -0.126. The van der Waals surface area contributed by atoms with Gasteiger partial charge in [-0.25, -0.2) is 0 Å². The third-order valence-electron chi connectivity index (χ3n) is 3.54. The van der Waals surface area contributed by atoms with Crippen LogP contribution in [0.15, 0.2) is 0 Å². The number of nitrogens with zero attached hydrogens (tertiary/aromatic N) is 1. The number of carbonyl (C=O) groups excluding carboxylic acids is 1. The summed E-state index contributed by atoms with van der Waals surface area (Å²) in [5.41, 5.74) is -0.230. The largest absolute Gasteiger partial charge is 0.396 e. The number of aliphatic hydroxyl groups is 1. The standard InChI is InChI=1S/C12H23NO2/c1-10(15)12(2,3)9-13-6-4-11(8-14)5-7-13/h11,14H,4-9H2,1-3H3. The second-order valence-corrected chi connectivity index (χ2v) is 5.34. The van der Waals surface area contributed by atoms with Crippen molar-refractivity contribution in [1.82, 2.24) is 4.90 Å². The third-order valence-corrected chi connectivity index (χ3v) is 3.54. The number of hydrogen-bond donors (Lipinski definition) is 1. The molecular formula is C12H23NO2. The van der Waals surface area contributed by atoms with Gasteiger partial charge in [-0.1, -0.05) is 13.8 Å². The van der Waals surface area contributed by atoms with Gasteiger partial charge in [0.15, 0.2) is 0 Å². The smallest absolute Gasteiger partial charge is 0.136 e. The van der Waals surface area contributed by atoms with Crippen molar-refractivity contribution in [2.75, 3.05) is 26.2 Å². The minimum atomic E-state index is -0.230. The van der Waals surface area contributed by atoms with Crippen molar-refractivity contribution in [1.29, 1.82) is 0 Å². The van der Waals surface area contributed by atoms with Crippen LogP contribution in [0.1, 0.15) is 33.6 Å². The molecule has 0 radical (unpaired) electrons. The van der Waals surface area contributed by atoms with Crippen LogP contribution in [0, 0.1) is 11.3 Å². The van der Waals surface area contributed by atoms with E-state index < -0.39 is 0 Å². The lowest BCUT2D eigenvalue weighted by Gasteiger charge is -2.35. The van der Waals surface area contributed by atoms with Gasteiger partial charge in [0.05, 0.1) is 0 Å². The van der Waals surface area contributed by atoms with E-state index in [1.807, 2.05) is 13.8 Å². The Kier molecular flexibility index (Phi) is 4.29. The van der Waals surface area contributed by atoms with Crippen molar-refractivity contribution in [3.05, 3.63) is 0 Å². The predicted octanol–water partition coefficient (Wildman–Crippen LogP) is 1.31. The lowest BCUT2D eigenvalue weighted by atomic mass is 9.87. The average molecular weight is 213 g/mol. The summed E-state index contributed by atoms with van der Waals surface area (Å²) in [5.74, 6) is 0.730. The number of Topliss-reactive ketones (excluding diaryl/α,β-unsaturated/α-hetero) is 1. The summed E-state index contributed by atoms with van der Waals surface area (Å²) in [6, 6.07) is 0. The van der Waals surface area contributed by atoms with E-state index in [2.05, 4.69) is 4.90 Å². The van der Waals surface area contributed by atoms with Crippen LogP contribution < -0.4 is 0 Å². The number of rotatable bonds is 4. The molecule has 0 aromatic heterocycles. The van der Waals surface area contributed by atoms with Gasteiger partial charge < -0.3 is 10.0 Å². The van der Waals surface area contributed by atoms with Crippen LogP contribution in [0.2, 0.25) is 0 Å². The van der Waals surface area contributed by atoms with E-state index in [0.29, 0.717) is 12.5 Å². The van der Waals surface area contributed by atoms with E-state index in [-0.39, 0.29) is 11.2 Å². The van der Waals surface area contributed by atoms with Gasteiger partial charge in [-0.2, -0.15) is 0 Å². The fraction of sp³-hybridized carbons (Fsp3) is 0.917. The molecule has 1 rings (SSSR count). The summed E-state index contributed by atoms with van der Waals surface area (Å²) in [4.78, 5) is 13.7. The van der Waals surface area contributed by atoms with Gasteiger partial charge in [0.1, 0.15) is 5.78 Å². The minimum Gasteiger partial charge on any atom is -0.396 e. The van der Waals surface area contributed by atoms with Crippen molar-refractivity contribution in [3.8, 4) is 0 Å². The maximum atomic E-state index is 11.4. The Morgan fingerprint density at radius 3 is 2.33 bits per heavy atom. The molecule has 15 heavy (non-hydrogen) atoms. The highest BCUT2D eigenvalue weighted by Crippen LogP contribution is 2.23. The molecule has 0 aliphatic carbocycles. The SMILES string of the molecule is CC(=O)C(C)(C)CN1CCC(CO)CC1. The van der Waals surface area contributed by atoms with E-state index in [1.54, 1.807) is 6.92 Å². The molecule has 0 bridgehead atoms. The fourth-order valence-corrected chi connectivity index (χ4v) is 2.00. The Morgan fingerprint density at radius 2 is 1.93 bits per heavy atom. The molecule has 1 heterocycles. The van der Waals surface area contributed by atoms with Gasteiger partial charge in [-0.15, -0.1) is 0 Å². The normalized spacial score (nSPS) is 20.5. The van der Waals surface area contributed by atoms with Crippen LogP contribution in [0.5, 0.6) is 0 Å². The maximum Gasteiger partial charge on any atom is 0.136 e. The number of piperidine rings is 1. The molecular weight excluding hydrogens is 190 g/mol. The number of likely N-dealkylation sites (tertiary alicyclic amines) is 1. The number of hydrogen-bond acceptors (Lipinski definition) is 3. The van der Waals surface area contributed by atoms with Gasteiger partial charge in [0.2, 0.25) is 0 Å². The minimum absolute atomic E-state index is 0.230. The summed E-state index contributed by atoms with van der Waals surface area (Å²) < 4.78 is 0. The maximum absolute atomic E-state index is 11.4. The third kappa shape index (κ3) is 3.58. The van der Waals surface area contributed by atoms with Crippen molar-refractivity contribution < 1.29 is 9.90 Å². The molecule has 3 nitrogen and oxygen atoms in total. The van der Waals surface area contributed by atoms with E-state index in [1.165, 1.54) is 0 Å². The molecule has 0 unspecified atom stereocenters. The molecule has 1 N–H and O–H groups in total. The van der Waals surface area contributed by atoms with Gasteiger partial charge >= 0.3 is 0 Å². The number of aliphatic hydroxyl groups excluding tert-OH is 1. The summed E-state index contributed by atoms with van der Waals surface area (Å²) in [5, 5.41) is 9.03. The highest BCUT2D eigenvalue weighted by atomic mass is 16.3. The average Bonchev–Trinajstić information content (AvgIpc) is 2.18. The molecule has 1 aliphatic heterocycles. The van der Waals surface area contributed by atoms with Gasteiger partial charge in [0.25, 0.3) is 0 Å². The Morgan fingerprint density at radius 1 is 1.40 bits per heavy atom. The first-order valence-electron chi connectivity index (χ1n) is 5.80. The molecule has 1 fully saturated rings. The monoisotopic (exact) mass is 213 g/mol. The first-order chi connectivity index (χ1) is 6.95. The van der Waals surface area contributed by atoms with Crippen molar-refractivity contribution in [3.63, 3.8) is 0 Å². The predicted molar refractivity (Wildman–Crippen MR) is 60.7 cm³/mol. The van der Waals surface area contributed by atoms with Crippen molar-refractivity contribution in [2.24, 2.45) is 11.3 Å². The van der Waals surface area contributed by atoms with E-state index in [9.17, 15) is 4.79 Å². The lowest BCUT2D eigenvalue weighted by Crippen LogP contribution is -2.42. The first-order valence-corrected chi connectivity index (χ1v) is 5.80. The zero-order valence-electron chi connectivity index (χ0n) is 10.1. The second-order valence-electron chi connectivity index (χ2n) is 5.34. The number of ketones is 1. The van der Waals surface area contributed by atoms with Crippen LogP contribution in [0.4, 0.5) is 0 Å². The summed E-state index contributed by atoms with van der Waals surface area (Å²) >= 11 is 0. The molecule has 88 valence electrons. The molecule has 0 saturated carbocycles. The Balaban J connectivity index is 2.38. The quantitative estimate of drug-likeness (QED) is 0.765. The van der Waals surface area contributed by atoms with E-state index >= 15 is 0 Å². The van der Waals surface area contributed by atoms with Crippen LogP contribution in [0.3, 0.4) is 0 Å². The molecule has 0 spiro atoms. The Hall–Kier alpha value is -0.410. The van der Waals surface area contributed by atoms with Crippen LogP contribution >= 0.6 is 0 Å². The van der Waals surface area contributed by atoms with Crippen LogP contribution in [-0.4, -0.2) is 42.0 Å². The summed E-state index contributed by atoms with van der Waals surface area (Å²) in [6.07, 6.45) is 2.12. The molecule has 0 aromatic carbocycles. The van der Waals surface area contributed by atoms with Crippen molar-refractivity contribution in [2.45, 2.75) is 33.6 Å². The second kappa shape index (κ2) is 5.08. The van der Waals surface area contributed by atoms with Gasteiger partial charge in [0, 0.05) is 18.6 Å². The van der Waals surface area contributed by atoms with Gasteiger partial charge in [-0.05, 0) is 38.8 Å². The highest BCUT2D eigenvalue weighted by Gasteiger charge is 2.28. The Bertz CT molecular complexity index is 218. The first kappa shape index (κ1) is 12.7.